The maximum Gasteiger partial charge on any atom is 0.251 e. The first kappa shape index (κ1) is 22.7. The molecule has 1 saturated carbocycles. The number of hydrogen-bond donors (Lipinski definition) is 1. The van der Waals surface area contributed by atoms with Crippen molar-refractivity contribution in [3.8, 4) is 0 Å². The predicted octanol–water partition coefficient (Wildman–Crippen LogP) is 5.76. The van der Waals surface area contributed by atoms with Gasteiger partial charge >= 0.3 is 0 Å². The van der Waals surface area contributed by atoms with Gasteiger partial charge in [0.2, 0.25) is 0 Å². The van der Waals surface area contributed by atoms with Gasteiger partial charge in [-0.05, 0) is 97.6 Å². The highest BCUT2D eigenvalue weighted by atomic mass is 16.1. The Morgan fingerprint density at radius 2 is 1.91 bits per heavy atom. The van der Waals surface area contributed by atoms with E-state index in [-0.39, 0.29) is 11.3 Å². The molecule has 3 nitrogen and oxygen atoms in total. The highest BCUT2D eigenvalue weighted by molar-refractivity contribution is 5.94. The zero-order chi connectivity index (χ0) is 22.8. The average molecular weight is 445 g/mol. The monoisotopic (exact) mass is 444 g/mol. The number of unbranched alkanes of at least 4 members (excludes halogenated alkanes) is 2. The molecule has 1 amide bonds. The summed E-state index contributed by atoms with van der Waals surface area (Å²) in [7, 11) is 0. The maximum atomic E-state index is 12.9. The topological polar surface area (TPSA) is 32.3 Å². The molecule has 1 saturated heterocycles. The molecule has 2 bridgehead atoms. The van der Waals surface area contributed by atoms with Crippen LogP contribution in [-0.2, 0) is 18.3 Å². The molecule has 1 aliphatic heterocycles. The third-order valence-corrected chi connectivity index (χ3v) is 8.85. The molecule has 0 aromatic heterocycles. The Kier molecular flexibility index (Phi) is 6.60. The highest BCUT2D eigenvalue weighted by Gasteiger charge is 2.49. The summed E-state index contributed by atoms with van der Waals surface area (Å²) in [6.45, 7) is 8.17. The first-order valence-corrected chi connectivity index (χ1v) is 13.2. The van der Waals surface area contributed by atoms with Crippen LogP contribution in [0.5, 0.6) is 0 Å². The van der Waals surface area contributed by atoms with Crippen molar-refractivity contribution >= 4 is 5.91 Å². The summed E-state index contributed by atoms with van der Waals surface area (Å²) in [6.07, 6.45) is 9.68. The summed E-state index contributed by atoms with van der Waals surface area (Å²) in [4.78, 5) is 15.7. The molecule has 3 aliphatic rings. The molecule has 1 unspecified atom stereocenters. The molecule has 176 valence electrons. The van der Waals surface area contributed by atoms with Crippen LogP contribution in [-0.4, -0.2) is 36.5 Å². The van der Waals surface area contributed by atoms with E-state index in [9.17, 15) is 4.79 Å². The highest BCUT2D eigenvalue weighted by Crippen LogP contribution is 2.49. The summed E-state index contributed by atoms with van der Waals surface area (Å²) >= 11 is 0. The van der Waals surface area contributed by atoms with Crippen molar-refractivity contribution in [2.24, 2.45) is 11.8 Å². The number of nitrogens with zero attached hydrogens (tertiary/aromatic N) is 1. The van der Waals surface area contributed by atoms with Crippen molar-refractivity contribution in [3.63, 3.8) is 0 Å². The minimum Gasteiger partial charge on any atom is -0.352 e. The number of benzene rings is 2. The van der Waals surface area contributed by atoms with E-state index >= 15 is 0 Å². The number of nitrogens with one attached hydrogen (secondary N) is 1. The van der Waals surface area contributed by atoms with Crippen LogP contribution < -0.4 is 5.32 Å². The van der Waals surface area contributed by atoms with E-state index < -0.39 is 0 Å². The number of fused-ring (bicyclic) bond motifs is 4. The van der Waals surface area contributed by atoms with E-state index in [1.165, 1.54) is 55.5 Å². The summed E-state index contributed by atoms with van der Waals surface area (Å²) in [5, 5.41) is 3.17. The molecular formula is C30H40N2O. The fourth-order valence-corrected chi connectivity index (χ4v) is 6.29. The van der Waals surface area contributed by atoms with Crippen molar-refractivity contribution < 1.29 is 4.79 Å². The van der Waals surface area contributed by atoms with Gasteiger partial charge in [-0.25, -0.2) is 0 Å². The van der Waals surface area contributed by atoms with Crippen molar-refractivity contribution in [1.82, 2.24) is 10.2 Å². The Balaban J connectivity index is 1.16. The summed E-state index contributed by atoms with van der Waals surface area (Å²) in [6, 6.07) is 17.9. The minimum absolute atomic E-state index is 0.0883. The molecule has 33 heavy (non-hydrogen) atoms. The average Bonchev–Trinajstić information content (AvgIpc) is 3.65. The molecular weight excluding hydrogens is 404 g/mol. The van der Waals surface area contributed by atoms with Gasteiger partial charge in [0.25, 0.3) is 5.91 Å². The molecule has 3 atom stereocenters. The number of amides is 1. The second-order valence-corrected chi connectivity index (χ2v) is 11.1. The molecule has 2 aromatic carbocycles. The van der Waals surface area contributed by atoms with Gasteiger partial charge in [0, 0.05) is 24.7 Å². The Morgan fingerprint density at radius 1 is 1.09 bits per heavy atom. The van der Waals surface area contributed by atoms with Crippen LogP contribution in [0.25, 0.3) is 0 Å². The smallest absolute Gasteiger partial charge is 0.251 e. The number of piperidine rings is 1. The summed E-state index contributed by atoms with van der Waals surface area (Å²) < 4.78 is 0. The lowest BCUT2D eigenvalue weighted by atomic mass is 9.59. The standard InChI is InChI=1S/C30H40N2O/c1-22-28-20-25-14-15-26(19-27(25)30(22,2)16-18-32(28)21-24-12-13-24)29(33)31-17-8-4-7-11-23-9-5-3-6-10-23/h3,5-6,9-10,14-15,19,22,24,28H,4,7-8,11-13,16-18,20-21H2,1-2H3,(H,31,33)/t22-,28?,30-/m0/s1. The van der Waals surface area contributed by atoms with Crippen molar-refractivity contribution in [2.45, 2.75) is 76.7 Å². The first-order valence-electron chi connectivity index (χ1n) is 13.2. The normalized spacial score (nSPS) is 26.6. The van der Waals surface area contributed by atoms with Gasteiger partial charge in [-0.3, -0.25) is 9.69 Å². The van der Waals surface area contributed by atoms with Gasteiger partial charge in [0.05, 0.1) is 0 Å². The second-order valence-electron chi connectivity index (χ2n) is 11.1. The van der Waals surface area contributed by atoms with Gasteiger partial charge < -0.3 is 5.32 Å². The third kappa shape index (κ3) is 4.89. The first-order chi connectivity index (χ1) is 16.0. The van der Waals surface area contributed by atoms with E-state index in [1.54, 1.807) is 0 Å². The van der Waals surface area contributed by atoms with Gasteiger partial charge in [-0.1, -0.05) is 56.7 Å². The molecule has 3 heteroatoms. The Bertz CT molecular complexity index is 967. The van der Waals surface area contributed by atoms with E-state index in [0.29, 0.717) is 12.0 Å². The van der Waals surface area contributed by atoms with Gasteiger partial charge in [-0.2, -0.15) is 0 Å². The van der Waals surface area contributed by atoms with Crippen molar-refractivity contribution in [3.05, 3.63) is 70.8 Å². The second kappa shape index (κ2) is 9.62. The van der Waals surface area contributed by atoms with Crippen LogP contribution in [0.4, 0.5) is 0 Å². The quantitative estimate of drug-likeness (QED) is 0.499. The van der Waals surface area contributed by atoms with E-state index in [1.807, 2.05) is 0 Å². The number of rotatable bonds is 9. The van der Waals surface area contributed by atoms with Crippen molar-refractivity contribution in [1.29, 1.82) is 0 Å². The number of aryl methyl sites for hydroxylation is 1. The van der Waals surface area contributed by atoms with Crippen LogP contribution in [0.2, 0.25) is 0 Å². The van der Waals surface area contributed by atoms with E-state index in [0.717, 1.165) is 43.7 Å². The summed E-state index contributed by atoms with van der Waals surface area (Å²) in [5.74, 6) is 1.68. The fourth-order valence-electron chi connectivity index (χ4n) is 6.29. The molecule has 1 heterocycles. The molecule has 0 spiro atoms. The van der Waals surface area contributed by atoms with Crippen LogP contribution in [0, 0.1) is 11.8 Å². The lowest BCUT2D eigenvalue weighted by molar-refractivity contribution is 0.0284. The van der Waals surface area contributed by atoms with Crippen molar-refractivity contribution in [2.75, 3.05) is 19.6 Å². The number of hydrogen-bond acceptors (Lipinski definition) is 2. The third-order valence-electron chi connectivity index (χ3n) is 8.85. The fraction of sp³-hybridized carbons (Fsp3) is 0.567. The lowest BCUT2D eigenvalue weighted by Gasteiger charge is -2.55. The Hall–Kier alpha value is -2.13. The van der Waals surface area contributed by atoms with E-state index in [2.05, 4.69) is 72.6 Å². The maximum absolute atomic E-state index is 12.9. The number of carbonyl (C=O) groups is 1. The number of carbonyl (C=O) groups excluding carboxylic acids is 1. The molecule has 1 N–H and O–H groups in total. The van der Waals surface area contributed by atoms with Gasteiger partial charge in [0.15, 0.2) is 0 Å². The molecule has 2 aromatic rings. The largest absolute Gasteiger partial charge is 0.352 e. The molecule has 2 fully saturated rings. The minimum atomic E-state index is 0.0883. The number of likely N-dealkylation sites (tertiary alicyclic amines) is 1. The Morgan fingerprint density at radius 3 is 2.70 bits per heavy atom. The Labute approximate surface area is 200 Å². The van der Waals surface area contributed by atoms with Crippen LogP contribution >= 0.6 is 0 Å². The molecule has 0 radical (unpaired) electrons. The van der Waals surface area contributed by atoms with Gasteiger partial charge in [0.1, 0.15) is 0 Å². The van der Waals surface area contributed by atoms with Crippen LogP contribution in [0.15, 0.2) is 48.5 Å². The lowest BCUT2D eigenvalue weighted by Crippen LogP contribution is -2.58. The summed E-state index contributed by atoms with van der Waals surface area (Å²) in [5.41, 5.74) is 5.34. The van der Waals surface area contributed by atoms with Gasteiger partial charge in [-0.15, -0.1) is 0 Å². The SMILES string of the molecule is C[C@H]1C2Cc3ccc(C(=O)NCCCCCc4ccccc4)cc3[C@@]1(C)CCN2CC1CC1. The molecule has 2 aliphatic carbocycles. The zero-order valence-electron chi connectivity index (χ0n) is 20.5. The predicted molar refractivity (Wildman–Crippen MR) is 136 cm³/mol. The molecule has 5 rings (SSSR count). The van der Waals surface area contributed by atoms with E-state index in [4.69, 9.17) is 0 Å². The van der Waals surface area contributed by atoms with Crippen LogP contribution in [0.3, 0.4) is 0 Å². The van der Waals surface area contributed by atoms with Crippen LogP contribution in [0.1, 0.15) is 79.4 Å². The zero-order valence-corrected chi connectivity index (χ0v) is 20.5.